The van der Waals surface area contributed by atoms with Crippen molar-refractivity contribution in [1.82, 2.24) is 20.3 Å². The van der Waals surface area contributed by atoms with Gasteiger partial charge in [0.15, 0.2) is 6.61 Å². The SMILES string of the molecule is CC(NC(=O)c1cnccn1)c1ccc(OCC(F)(F)F)nc1. The second kappa shape index (κ2) is 7.03. The maximum Gasteiger partial charge on any atom is 0.422 e. The largest absolute Gasteiger partial charge is 0.468 e. The van der Waals surface area contributed by atoms with E-state index in [1.807, 2.05) is 0 Å². The Morgan fingerprint density at radius 2 is 2.04 bits per heavy atom. The van der Waals surface area contributed by atoms with Gasteiger partial charge in [0.1, 0.15) is 5.69 Å². The van der Waals surface area contributed by atoms with E-state index >= 15 is 0 Å². The van der Waals surface area contributed by atoms with Gasteiger partial charge in [-0.3, -0.25) is 9.78 Å². The van der Waals surface area contributed by atoms with Crippen LogP contribution in [0.25, 0.3) is 0 Å². The quantitative estimate of drug-likeness (QED) is 0.912. The van der Waals surface area contributed by atoms with Crippen LogP contribution in [-0.4, -0.2) is 33.6 Å². The molecule has 0 saturated heterocycles. The average molecular weight is 326 g/mol. The van der Waals surface area contributed by atoms with Crippen LogP contribution >= 0.6 is 0 Å². The molecule has 0 fully saturated rings. The van der Waals surface area contributed by atoms with Crippen molar-refractivity contribution in [3.05, 3.63) is 48.2 Å². The van der Waals surface area contributed by atoms with Gasteiger partial charge in [0, 0.05) is 24.7 Å². The maximum absolute atomic E-state index is 12.0. The summed E-state index contributed by atoms with van der Waals surface area (Å²) in [5.74, 6) is -0.554. The molecule has 2 aromatic heterocycles. The number of hydrogen-bond acceptors (Lipinski definition) is 5. The first-order valence-electron chi connectivity index (χ1n) is 6.57. The van der Waals surface area contributed by atoms with Crippen molar-refractivity contribution in [2.45, 2.75) is 19.1 Å². The van der Waals surface area contributed by atoms with E-state index in [0.29, 0.717) is 5.56 Å². The molecule has 122 valence electrons. The van der Waals surface area contributed by atoms with E-state index in [9.17, 15) is 18.0 Å². The number of alkyl halides is 3. The number of ether oxygens (including phenoxy) is 1. The van der Waals surface area contributed by atoms with Crippen LogP contribution in [0, 0.1) is 0 Å². The van der Waals surface area contributed by atoms with Crippen molar-refractivity contribution in [3.8, 4) is 5.88 Å². The van der Waals surface area contributed by atoms with Gasteiger partial charge in [-0.05, 0) is 12.5 Å². The Morgan fingerprint density at radius 1 is 1.26 bits per heavy atom. The molecule has 1 amide bonds. The minimum atomic E-state index is -4.42. The standard InChI is InChI=1S/C14H13F3N4O2/c1-9(21-13(22)11-7-18-4-5-19-11)10-2-3-12(20-6-10)23-8-14(15,16)17/h2-7,9H,8H2,1H3,(H,21,22). The van der Waals surface area contributed by atoms with Gasteiger partial charge in [-0.1, -0.05) is 6.07 Å². The maximum atomic E-state index is 12.0. The Hall–Kier alpha value is -2.71. The number of amides is 1. The van der Waals surface area contributed by atoms with Gasteiger partial charge in [0.2, 0.25) is 5.88 Å². The molecule has 9 heteroatoms. The topological polar surface area (TPSA) is 77.0 Å². The summed E-state index contributed by atoms with van der Waals surface area (Å²) in [4.78, 5) is 23.4. The van der Waals surface area contributed by atoms with Crippen LogP contribution in [-0.2, 0) is 0 Å². The number of pyridine rings is 1. The zero-order valence-electron chi connectivity index (χ0n) is 12.0. The predicted molar refractivity (Wildman–Crippen MR) is 73.7 cm³/mol. The van der Waals surface area contributed by atoms with E-state index in [0.717, 1.165) is 0 Å². The Kier molecular flexibility index (Phi) is 5.09. The number of rotatable bonds is 5. The van der Waals surface area contributed by atoms with Gasteiger partial charge in [0.25, 0.3) is 5.91 Å². The second-order valence-electron chi connectivity index (χ2n) is 4.62. The lowest BCUT2D eigenvalue weighted by Crippen LogP contribution is -2.27. The van der Waals surface area contributed by atoms with E-state index in [4.69, 9.17) is 0 Å². The molecule has 0 aromatic carbocycles. The molecular weight excluding hydrogens is 313 g/mol. The number of nitrogens with one attached hydrogen (secondary N) is 1. The van der Waals surface area contributed by atoms with Crippen LogP contribution in [0.4, 0.5) is 13.2 Å². The summed E-state index contributed by atoms with van der Waals surface area (Å²) in [5.41, 5.74) is 0.777. The second-order valence-corrected chi connectivity index (χ2v) is 4.62. The molecule has 0 bridgehead atoms. The summed E-state index contributed by atoms with van der Waals surface area (Å²) in [6, 6.07) is 2.43. The lowest BCUT2D eigenvalue weighted by molar-refractivity contribution is -0.154. The molecule has 0 aliphatic carbocycles. The van der Waals surface area contributed by atoms with Crippen LogP contribution in [0.5, 0.6) is 5.88 Å². The molecule has 6 nitrogen and oxygen atoms in total. The third-order valence-corrected chi connectivity index (χ3v) is 2.79. The Labute approximate surface area is 129 Å². The molecule has 0 saturated carbocycles. The van der Waals surface area contributed by atoms with Crippen LogP contribution in [0.1, 0.15) is 29.0 Å². The van der Waals surface area contributed by atoms with E-state index in [2.05, 4.69) is 25.0 Å². The molecule has 0 aliphatic heterocycles. The molecule has 1 atom stereocenters. The fourth-order valence-electron chi connectivity index (χ4n) is 1.66. The number of nitrogens with zero attached hydrogens (tertiary/aromatic N) is 3. The Morgan fingerprint density at radius 3 is 2.61 bits per heavy atom. The van der Waals surface area contributed by atoms with E-state index in [1.165, 1.54) is 36.9 Å². The highest BCUT2D eigenvalue weighted by Gasteiger charge is 2.28. The van der Waals surface area contributed by atoms with Crippen LogP contribution in [0.2, 0.25) is 0 Å². The van der Waals surface area contributed by atoms with E-state index < -0.39 is 24.7 Å². The summed E-state index contributed by atoms with van der Waals surface area (Å²) >= 11 is 0. The summed E-state index contributed by atoms with van der Waals surface area (Å²) in [7, 11) is 0. The number of carbonyl (C=O) groups is 1. The Balaban J connectivity index is 1.95. The molecule has 23 heavy (non-hydrogen) atoms. The number of carbonyl (C=O) groups excluding carboxylic acids is 1. The van der Waals surface area contributed by atoms with Crippen molar-refractivity contribution in [2.75, 3.05) is 6.61 Å². The smallest absolute Gasteiger partial charge is 0.422 e. The number of aromatic nitrogens is 3. The molecule has 2 rings (SSSR count). The van der Waals surface area contributed by atoms with E-state index in [1.54, 1.807) is 6.92 Å². The van der Waals surface area contributed by atoms with Crippen molar-refractivity contribution in [1.29, 1.82) is 0 Å². The molecule has 2 aromatic rings. The fourth-order valence-corrected chi connectivity index (χ4v) is 1.66. The van der Waals surface area contributed by atoms with Crippen LogP contribution in [0.3, 0.4) is 0 Å². The number of halogens is 3. The van der Waals surface area contributed by atoms with Crippen molar-refractivity contribution < 1.29 is 22.7 Å². The molecular formula is C14H13F3N4O2. The minimum absolute atomic E-state index is 0.140. The van der Waals surface area contributed by atoms with Crippen molar-refractivity contribution in [2.24, 2.45) is 0 Å². The zero-order valence-corrected chi connectivity index (χ0v) is 12.0. The predicted octanol–water partition coefficient (Wildman–Crippen LogP) is 2.30. The summed E-state index contributed by atoms with van der Waals surface area (Å²) in [6.07, 6.45) is 1.10. The first kappa shape index (κ1) is 16.7. The van der Waals surface area contributed by atoms with Gasteiger partial charge in [-0.25, -0.2) is 9.97 Å². The first-order valence-corrected chi connectivity index (χ1v) is 6.57. The molecule has 1 N–H and O–H groups in total. The average Bonchev–Trinajstić information content (AvgIpc) is 2.53. The van der Waals surface area contributed by atoms with Crippen molar-refractivity contribution >= 4 is 5.91 Å². The van der Waals surface area contributed by atoms with Gasteiger partial charge >= 0.3 is 6.18 Å². The molecule has 0 spiro atoms. The van der Waals surface area contributed by atoms with Gasteiger partial charge in [-0.2, -0.15) is 13.2 Å². The normalized spacial score (nSPS) is 12.5. The first-order chi connectivity index (χ1) is 10.8. The molecule has 1 unspecified atom stereocenters. The third-order valence-electron chi connectivity index (χ3n) is 2.79. The molecule has 0 radical (unpaired) electrons. The fraction of sp³-hybridized carbons (Fsp3) is 0.286. The third kappa shape index (κ3) is 5.20. The van der Waals surface area contributed by atoms with Gasteiger partial charge in [0.05, 0.1) is 12.2 Å². The lowest BCUT2D eigenvalue weighted by Gasteiger charge is -2.14. The van der Waals surface area contributed by atoms with Crippen LogP contribution < -0.4 is 10.1 Å². The highest BCUT2D eigenvalue weighted by atomic mass is 19.4. The van der Waals surface area contributed by atoms with E-state index in [-0.39, 0.29) is 11.6 Å². The highest BCUT2D eigenvalue weighted by Crippen LogP contribution is 2.18. The number of hydrogen-bond donors (Lipinski definition) is 1. The lowest BCUT2D eigenvalue weighted by atomic mass is 10.1. The summed E-state index contributed by atoms with van der Waals surface area (Å²) in [6.45, 7) is 0.305. The highest BCUT2D eigenvalue weighted by molar-refractivity contribution is 5.92. The minimum Gasteiger partial charge on any atom is -0.468 e. The summed E-state index contributed by atoms with van der Waals surface area (Å²) < 4.78 is 40.6. The summed E-state index contributed by atoms with van der Waals surface area (Å²) in [5, 5.41) is 2.69. The van der Waals surface area contributed by atoms with Gasteiger partial charge in [-0.15, -0.1) is 0 Å². The zero-order chi connectivity index (χ0) is 16.9. The van der Waals surface area contributed by atoms with Crippen molar-refractivity contribution in [3.63, 3.8) is 0 Å². The molecule has 0 aliphatic rings. The van der Waals surface area contributed by atoms with Crippen LogP contribution in [0.15, 0.2) is 36.9 Å². The monoisotopic (exact) mass is 326 g/mol. The van der Waals surface area contributed by atoms with Gasteiger partial charge < -0.3 is 10.1 Å². The molecule has 2 heterocycles. The Bertz CT molecular complexity index is 647.